The van der Waals surface area contributed by atoms with Gasteiger partial charge in [-0.1, -0.05) is 15.9 Å². The highest BCUT2D eigenvalue weighted by molar-refractivity contribution is 9.09. The molecule has 1 aliphatic carbocycles. The lowest BCUT2D eigenvalue weighted by atomic mass is 10.1. The summed E-state index contributed by atoms with van der Waals surface area (Å²) in [6.45, 7) is 0. The average molecular weight is 283 g/mol. The third-order valence-corrected chi connectivity index (χ3v) is 4.76. The van der Waals surface area contributed by atoms with E-state index < -0.39 is 0 Å². The number of alkyl halides is 1. The highest BCUT2D eigenvalue weighted by atomic mass is 79.9. The monoisotopic (exact) mass is 282 g/mol. The van der Waals surface area contributed by atoms with Gasteiger partial charge < -0.3 is 0 Å². The van der Waals surface area contributed by atoms with Crippen molar-refractivity contribution < 1.29 is 0 Å². The van der Waals surface area contributed by atoms with Crippen molar-refractivity contribution in [3.8, 4) is 0 Å². The van der Waals surface area contributed by atoms with Crippen molar-refractivity contribution >= 4 is 37.5 Å². The summed E-state index contributed by atoms with van der Waals surface area (Å²) in [5, 5.41) is 3.32. The van der Waals surface area contributed by atoms with Crippen molar-refractivity contribution in [2.75, 3.05) is 0 Å². The summed E-state index contributed by atoms with van der Waals surface area (Å²) >= 11 is 5.44. The van der Waals surface area contributed by atoms with Crippen molar-refractivity contribution in [2.45, 2.75) is 24.1 Å². The van der Waals surface area contributed by atoms with Gasteiger partial charge in [-0.05, 0) is 30.2 Å². The number of hydrogen-bond acceptors (Lipinski definition) is 3. The molecule has 0 aliphatic heterocycles. The van der Waals surface area contributed by atoms with E-state index in [0.29, 0.717) is 4.83 Å². The minimum Gasteiger partial charge on any atom is -0.241 e. The van der Waals surface area contributed by atoms with Crippen LogP contribution in [0.25, 0.3) is 10.2 Å². The molecule has 78 valence electrons. The summed E-state index contributed by atoms with van der Waals surface area (Å²) in [4.78, 5) is 10.4. The van der Waals surface area contributed by atoms with E-state index in [4.69, 9.17) is 0 Å². The Morgan fingerprint density at radius 2 is 2.33 bits per heavy atom. The summed E-state index contributed by atoms with van der Waals surface area (Å²) < 4.78 is 0. The first kappa shape index (κ1) is 9.73. The number of halogens is 1. The molecule has 0 spiro atoms. The Hall–Kier alpha value is -0.480. The molecule has 0 bridgehead atoms. The zero-order valence-electron chi connectivity index (χ0n) is 8.19. The van der Waals surface area contributed by atoms with E-state index in [1.165, 1.54) is 23.9 Å². The van der Waals surface area contributed by atoms with Crippen molar-refractivity contribution in [2.24, 2.45) is 5.92 Å². The molecule has 2 aromatic heterocycles. The largest absolute Gasteiger partial charge is 0.241 e. The maximum Gasteiger partial charge on any atom is 0.126 e. The molecule has 1 unspecified atom stereocenters. The SMILES string of the molecule is BrC(Cc1ncnc2sccc12)C1CC1. The fraction of sp³-hybridized carbons (Fsp3) is 0.455. The van der Waals surface area contributed by atoms with Crippen LogP contribution in [0, 0.1) is 5.92 Å². The van der Waals surface area contributed by atoms with Crippen molar-refractivity contribution in [3.05, 3.63) is 23.5 Å². The lowest BCUT2D eigenvalue weighted by molar-refractivity contribution is 0.749. The fourth-order valence-electron chi connectivity index (χ4n) is 1.81. The van der Waals surface area contributed by atoms with E-state index in [0.717, 1.165) is 17.2 Å². The minimum atomic E-state index is 0.593. The number of thiophene rings is 1. The lowest BCUT2D eigenvalue weighted by Gasteiger charge is -2.07. The van der Waals surface area contributed by atoms with Crippen LogP contribution in [0.5, 0.6) is 0 Å². The Kier molecular flexibility index (Phi) is 2.48. The highest BCUT2D eigenvalue weighted by Crippen LogP contribution is 2.38. The Labute approximate surface area is 101 Å². The van der Waals surface area contributed by atoms with Crippen LogP contribution < -0.4 is 0 Å². The third kappa shape index (κ3) is 1.93. The molecule has 2 heterocycles. The predicted octanol–water partition coefficient (Wildman–Crippen LogP) is 3.41. The molecule has 2 nitrogen and oxygen atoms in total. The summed E-state index contributed by atoms with van der Waals surface area (Å²) in [6, 6.07) is 2.13. The van der Waals surface area contributed by atoms with E-state index in [9.17, 15) is 0 Å². The van der Waals surface area contributed by atoms with E-state index in [1.807, 2.05) is 0 Å². The number of hydrogen-bond donors (Lipinski definition) is 0. The van der Waals surface area contributed by atoms with Gasteiger partial charge in [0.15, 0.2) is 0 Å². The maximum atomic E-state index is 4.39. The van der Waals surface area contributed by atoms with Gasteiger partial charge in [-0.3, -0.25) is 0 Å². The van der Waals surface area contributed by atoms with Crippen molar-refractivity contribution in [1.82, 2.24) is 9.97 Å². The number of aromatic nitrogens is 2. The molecule has 4 heteroatoms. The first-order valence-electron chi connectivity index (χ1n) is 5.16. The molecule has 15 heavy (non-hydrogen) atoms. The quantitative estimate of drug-likeness (QED) is 0.807. The van der Waals surface area contributed by atoms with Gasteiger partial charge in [0.1, 0.15) is 11.2 Å². The van der Waals surface area contributed by atoms with Crippen LogP contribution in [0.3, 0.4) is 0 Å². The van der Waals surface area contributed by atoms with Crippen LogP contribution in [0.4, 0.5) is 0 Å². The molecule has 1 atom stereocenters. The maximum absolute atomic E-state index is 4.39. The molecule has 2 aromatic rings. The first-order chi connectivity index (χ1) is 7.34. The van der Waals surface area contributed by atoms with Gasteiger partial charge in [-0.25, -0.2) is 9.97 Å². The average Bonchev–Trinajstić information content (AvgIpc) is 2.97. The van der Waals surface area contributed by atoms with Crippen molar-refractivity contribution in [3.63, 3.8) is 0 Å². The minimum absolute atomic E-state index is 0.593. The van der Waals surface area contributed by atoms with Gasteiger partial charge in [0.05, 0.1) is 5.69 Å². The second-order valence-electron chi connectivity index (χ2n) is 4.02. The number of nitrogens with zero attached hydrogens (tertiary/aromatic N) is 2. The van der Waals surface area contributed by atoms with Crippen LogP contribution in [0.15, 0.2) is 17.8 Å². The van der Waals surface area contributed by atoms with E-state index in [1.54, 1.807) is 17.7 Å². The van der Waals surface area contributed by atoms with Crippen LogP contribution in [-0.4, -0.2) is 14.8 Å². The van der Waals surface area contributed by atoms with Crippen molar-refractivity contribution in [1.29, 1.82) is 0 Å². The molecule has 0 radical (unpaired) electrons. The smallest absolute Gasteiger partial charge is 0.126 e. The highest BCUT2D eigenvalue weighted by Gasteiger charge is 2.29. The van der Waals surface area contributed by atoms with Gasteiger partial charge in [0, 0.05) is 16.6 Å². The molecule has 0 amide bonds. The molecule has 1 aliphatic rings. The summed E-state index contributed by atoms with van der Waals surface area (Å²) in [6.07, 6.45) is 5.45. The number of rotatable bonds is 3. The molecule has 0 N–H and O–H groups in total. The van der Waals surface area contributed by atoms with E-state index in [2.05, 4.69) is 37.3 Å². The Balaban J connectivity index is 1.92. The summed E-state index contributed by atoms with van der Waals surface area (Å²) in [5.74, 6) is 0.869. The number of fused-ring (bicyclic) bond motifs is 1. The summed E-state index contributed by atoms with van der Waals surface area (Å²) in [5.41, 5.74) is 1.19. The molecule has 1 fully saturated rings. The van der Waals surface area contributed by atoms with Crippen LogP contribution in [0.2, 0.25) is 0 Å². The lowest BCUT2D eigenvalue weighted by Crippen LogP contribution is -2.06. The Morgan fingerprint density at radius 3 is 3.13 bits per heavy atom. The molecular weight excluding hydrogens is 272 g/mol. The van der Waals surface area contributed by atoms with Crippen LogP contribution >= 0.6 is 27.3 Å². The van der Waals surface area contributed by atoms with Gasteiger partial charge in [0.2, 0.25) is 0 Å². The molecule has 0 aromatic carbocycles. The third-order valence-electron chi connectivity index (χ3n) is 2.87. The van der Waals surface area contributed by atoms with Gasteiger partial charge in [-0.2, -0.15) is 0 Å². The predicted molar refractivity (Wildman–Crippen MR) is 66.6 cm³/mol. The summed E-state index contributed by atoms with van der Waals surface area (Å²) in [7, 11) is 0. The van der Waals surface area contributed by atoms with Crippen LogP contribution in [-0.2, 0) is 6.42 Å². The standard InChI is InChI=1S/C11H11BrN2S/c12-9(7-1-2-7)5-10-8-3-4-15-11(8)14-6-13-10/h3-4,6-7,9H,1-2,5H2. The molecule has 3 rings (SSSR count). The first-order valence-corrected chi connectivity index (χ1v) is 6.95. The molecule has 0 saturated heterocycles. The van der Waals surface area contributed by atoms with E-state index >= 15 is 0 Å². The topological polar surface area (TPSA) is 25.8 Å². The second kappa shape index (κ2) is 3.83. The van der Waals surface area contributed by atoms with Gasteiger partial charge >= 0.3 is 0 Å². The zero-order chi connectivity index (χ0) is 10.3. The normalized spacial score (nSPS) is 18.2. The molecular formula is C11H11BrN2S. The van der Waals surface area contributed by atoms with Gasteiger partial charge in [-0.15, -0.1) is 11.3 Å². The fourth-order valence-corrected chi connectivity index (χ4v) is 3.40. The van der Waals surface area contributed by atoms with Crippen LogP contribution in [0.1, 0.15) is 18.5 Å². The van der Waals surface area contributed by atoms with E-state index in [-0.39, 0.29) is 0 Å². The zero-order valence-corrected chi connectivity index (χ0v) is 10.6. The second-order valence-corrected chi connectivity index (χ2v) is 6.09. The Bertz CT molecular complexity index is 478. The van der Waals surface area contributed by atoms with Gasteiger partial charge in [0.25, 0.3) is 0 Å². The molecule has 1 saturated carbocycles. The Morgan fingerprint density at radius 1 is 1.47 bits per heavy atom.